The van der Waals surface area contributed by atoms with Crippen LogP contribution in [0.25, 0.3) is 0 Å². The Hall–Kier alpha value is -2.71. The Morgan fingerprint density at radius 2 is 1.53 bits per heavy atom. The summed E-state index contributed by atoms with van der Waals surface area (Å²) in [6.07, 6.45) is 0.241. The molecule has 1 aliphatic rings. The maximum absolute atomic E-state index is 12.9. The highest BCUT2D eigenvalue weighted by Gasteiger charge is 2.30. The Morgan fingerprint density at radius 3 is 2.06 bits per heavy atom. The van der Waals surface area contributed by atoms with E-state index in [4.69, 9.17) is 4.74 Å². The highest BCUT2D eigenvalue weighted by molar-refractivity contribution is 7.89. The molecule has 32 heavy (non-hydrogen) atoms. The summed E-state index contributed by atoms with van der Waals surface area (Å²) in [6.45, 7) is 7.13. The van der Waals surface area contributed by atoms with Gasteiger partial charge in [-0.05, 0) is 42.7 Å². The molecule has 0 bridgehead atoms. The van der Waals surface area contributed by atoms with Gasteiger partial charge in [0, 0.05) is 31.7 Å². The quantitative estimate of drug-likeness (QED) is 0.567. The highest BCUT2D eigenvalue weighted by Crippen LogP contribution is 2.20. The van der Waals surface area contributed by atoms with Gasteiger partial charge in [0.15, 0.2) is 5.78 Å². The fourth-order valence-electron chi connectivity index (χ4n) is 3.55. The summed E-state index contributed by atoms with van der Waals surface area (Å²) in [5.41, 5.74) is 1.70. The summed E-state index contributed by atoms with van der Waals surface area (Å²) in [4.78, 5) is 25.7. The molecule has 0 atom stereocenters. The Balaban J connectivity index is 1.48. The van der Waals surface area contributed by atoms with Gasteiger partial charge in [0.05, 0.1) is 17.9 Å². The molecule has 172 valence electrons. The Bertz CT molecular complexity index is 1040. The van der Waals surface area contributed by atoms with E-state index in [1.165, 1.54) is 41.1 Å². The maximum atomic E-state index is 12.9. The number of carbonyl (C=O) groups is 2. The van der Waals surface area contributed by atoms with Crippen LogP contribution in [-0.2, 0) is 14.8 Å². The Kier molecular flexibility index (Phi) is 7.69. The van der Waals surface area contributed by atoms with Gasteiger partial charge in [-0.15, -0.1) is 0 Å². The summed E-state index contributed by atoms with van der Waals surface area (Å²) < 4.78 is 32.8. The van der Waals surface area contributed by atoms with Crippen LogP contribution in [0.5, 0.6) is 5.75 Å². The van der Waals surface area contributed by atoms with Gasteiger partial charge in [-0.25, -0.2) is 8.42 Å². The molecule has 8 heteroatoms. The van der Waals surface area contributed by atoms with Crippen molar-refractivity contribution in [2.45, 2.75) is 38.0 Å². The summed E-state index contributed by atoms with van der Waals surface area (Å²) in [5.74, 6) is 1.02. The minimum absolute atomic E-state index is 0.0494. The van der Waals surface area contributed by atoms with Crippen molar-refractivity contribution < 1.29 is 22.7 Å². The zero-order valence-electron chi connectivity index (χ0n) is 18.8. The summed E-state index contributed by atoms with van der Waals surface area (Å²) in [5, 5.41) is 0. The van der Waals surface area contributed by atoms with Crippen molar-refractivity contribution in [3.05, 3.63) is 59.7 Å². The van der Waals surface area contributed by atoms with Crippen molar-refractivity contribution >= 4 is 21.7 Å². The molecular weight excluding hydrogens is 428 g/mol. The average Bonchev–Trinajstić information content (AvgIpc) is 2.79. The van der Waals surface area contributed by atoms with Crippen LogP contribution in [0.4, 0.5) is 0 Å². The van der Waals surface area contributed by atoms with Gasteiger partial charge < -0.3 is 9.64 Å². The predicted octanol–water partition coefficient (Wildman–Crippen LogP) is 3.31. The molecule has 1 saturated heterocycles. The number of benzene rings is 2. The molecule has 0 radical (unpaired) electrons. The second kappa shape index (κ2) is 10.3. The monoisotopic (exact) mass is 458 g/mol. The standard InChI is InChI=1S/C24H30N2O5S/c1-18(2)20-4-8-22(9-5-20)31-17-12-24(28)25-13-15-26(16-14-25)32(29,30)23-10-6-21(7-11-23)19(3)27/h4-11,18H,12-17H2,1-3H3. The van der Waals surface area contributed by atoms with Crippen molar-refractivity contribution in [1.82, 2.24) is 9.21 Å². The third kappa shape index (κ3) is 5.75. The fraction of sp³-hybridized carbons (Fsp3) is 0.417. The van der Waals surface area contributed by atoms with Crippen molar-refractivity contribution in [2.75, 3.05) is 32.8 Å². The number of nitrogens with zero attached hydrogens (tertiary/aromatic N) is 2. The lowest BCUT2D eigenvalue weighted by Crippen LogP contribution is -2.50. The second-order valence-corrected chi connectivity index (χ2v) is 10.1. The number of hydrogen-bond acceptors (Lipinski definition) is 5. The lowest BCUT2D eigenvalue weighted by Gasteiger charge is -2.34. The molecule has 2 aromatic rings. The van der Waals surface area contributed by atoms with Gasteiger partial charge >= 0.3 is 0 Å². The van der Waals surface area contributed by atoms with Crippen LogP contribution in [0.1, 0.15) is 49.0 Å². The van der Waals surface area contributed by atoms with E-state index in [2.05, 4.69) is 13.8 Å². The van der Waals surface area contributed by atoms with Gasteiger partial charge in [-0.2, -0.15) is 4.31 Å². The largest absolute Gasteiger partial charge is 0.493 e. The molecule has 1 aliphatic heterocycles. The zero-order valence-corrected chi connectivity index (χ0v) is 19.6. The SMILES string of the molecule is CC(=O)c1ccc(S(=O)(=O)N2CCN(C(=O)CCOc3ccc(C(C)C)cc3)CC2)cc1. The number of carbonyl (C=O) groups excluding carboxylic acids is 2. The van der Waals surface area contributed by atoms with Crippen molar-refractivity contribution in [3.8, 4) is 5.75 Å². The van der Waals surface area contributed by atoms with Gasteiger partial charge in [-0.1, -0.05) is 38.1 Å². The second-order valence-electron chi connectivity index (χ2n) is 8.19. The van der Waals surface area contributed by atoms with Gasteiger partial charge in [-0.3, -0.25) is 9.59 Å². The van der Waals surface area contributed by atoms with E-state index in [9.17, 15) is 18.0 Å². The maximum Gasteiger partial charge on any atom is 0.243 e. The van der Waals surface area contributed by atoms with Crippen molar-refractivity contribution in [2.24, 2.45) is 0 Å². The minimum atomic E-state index is -3.66. The molecule has 1 amide bonds. The Labute approximate surface area is 190 Å². The first kappa shape index (κ1) is 23.9. The van der Waals surface area contributed by atoms with Crippen molar-refractivity contribution in [3.63, 3.8) is 0 Å². The number of Topliss-reactive ketones (excluding diaryl/α,β-unsaturated/α-hetero) is 1. The molecule has 7 nitrogen and oxygen atoms in total. The molecule has 1 fully saturated rings. The zero-order chi connectivity index (χ0) is 23.3. The topological polar surface area (TPSA) is 84.0 Å². The lowest BCUT2D eigenvalue weighted by molar-refractivity contribution is -0.132. The van der Waals surface area contributed by atoms with E-state index in [1.807, 2.05) is 24.3 Å². The molecule has 0 aromatic heterocycles. The average molecular weight is 459 g/mol. The molecule has 0 unspecified atom stereocenters. The number of piperazine rings is 1. The molecule has 0 saturated carbocycles. The summed E-state index contributed by atoms with van der Waals surface area (Å²) >= 11 is 0. The van der Waals surface area contributed by atoms with Crippen molar-refractivity contribution in [1.29, 1.82) is 0 Å². The van der Waals surface area contributed by atoms with Gasteiger partial charge in [0.1, 0.15) is 5.75 Å². The van der Waals surface area contributed by atoms with Gasteiger partial charge in [0.2, 0.25) is 15.9 Å². The van der Waals surface area contributed by atoms with Crippen LogP contribution in [0.15, 0.2) is 53.4 Å². The number of ketones is 1. The lowest BCUT2D eigenvalue weighted by atomic mass is 10.0. The number of sulfonamides is 1. The van der Waals surface area contributed by atoms with Crippen LogP contribution >= 0.6 is 0 Å². The molecule has 0 aliphatic carbocycles. The molecule has 2 aromatic carbocycles. The molecule has 1 heterocycles. The first-order valence-electron chi connectivity index (χ1n) is 10.8. The predicted molar refractivity (Wildman–Crippen MR) is 122 cm³/mol. The van der Waals surface area contributed by atoms with E-state index in [0.717, 1.165) is 5.75 Å². The highest BCUT2D eigenvalue weighted by atomic mass is 32.2. The minimum Gasteiger partial charge on any atom is -0.493 e. The van der Waals surface area contributed by atoms with Gasteiger partial charge in [0.25, 0.3) is 0 Å². The van der Waals surface area contributed by atoms with Crippen LogP contribution in [-0.4, -0.2) is 62.1 Å². The van der Waals surface area contributed by atoms with Crippen LogP contribution in [0, 0.1) is 0 Å². The van der Waals surface area contributed by atoms with Crippen LogP contribution in [0.3, 0.4) is 0 Å². The molecular formula is C24H30N2O5S. The van der Waals surface area contributed by atoms with E-state index >= 15 is 0 Å². The first-order valence-corrected chi connectivity index (χ1v) is 12.2. The molecule has 3 rings (SSSR count). The number of amides is 1. The first-order chi connectivity index (χ1) is 15.2. The summed E-state index contributed by atoms with van der Waals surface area (Å²) in [6, 6.07) is 13.8. The number of ether oxygens (including phenoxy) is 1. The summed E-state index contributed by atoms with van der Waals surface area (Å²) in [7, 11) is -3.66. The van der Waals surface area contributed by atoms with E-state index in [-0.39, 0.29) is 42.7 Å². The normalized spacial score (nSPS) is 15.1. The van der Waals surface area contributed by atoms with E-state index in [0.29, 0.717) is 24.6 Å². The van der Waals surface area contributed by atoms with Crippen LogP contribution < -0.4 is 4.74 Å². The van der Waals surface area contributed by atoms with E-state index in [1.54, 1.807) is 4.90 Å². The third-order valence-electron chi connectivity index (χ3n) is 5.62. The Morgan fingerprint density at radius 1 is 0.938 bits per heavy atom. The molecule has 0 N–H and O–H groups in total. The fourth-order valence-corrected chi connectivity index (χ4v) is 4.97. The number of rotatable bonds is 8. The van der Waals surface area contributed by atoms with Crippen LogP contribution in [0.2, 0.25) is 0 Å². The van der Waals surface area contributed by atoms with E-state index < -0.39 is 10.0 Å². The number of hydrogen-bond donors (Lipinski definition) is 0. The third-order valence-corrected chi connectivity index (χ3v) is 7.53. The molecule has 0 spiro atoms. The smallest absolute Gasteiger partial charge is 0.243 e.